The Morgan fingerprint density at radius 2 is 2.00 bits per heavy atom. The van der Waals surface area contributed by atoms with Gasteiger partial charge in [0, 0.05) is 4.47 Å². The van der Waals surface area contributed by atoms with Crippen LogP contribution >= 0.6 is 27.5 Å². The zero-order chi connectivity index (χ0) is 11.8. The molecule has 0 fully saturated rings. The summed E-state index contributed by atoms with van der Waals surface area (Å²) in [4.78, 5) is 11.1. The number of hydrogen-bond donors (Lipinski definition) is 0. The van der Waals surface area contributed by atoms with Crippen molar-refractivity contribution < 1.29 is 18.0 Å². The highest BCUT2D eigenvalue weighted by molar-refractivity contribution is 9.10. The van der Waals surface area contributed by atoms with E-state index in [0.717, 1.165) is 0 Å². The van der Waals surface area contributed by atoms with Crippen LogP contribution in [-0.2, 0) is 0 Å². The lowest BCUT2D eigenvalue weighted by Crippen LogP contribution is -2.23. The molecule has 0 unspecified atom stereocenters. The molecule has 0 saturated heterocycles. The van der Waals surface area contributed by atoms with Crippen LogP contribution in [0.15, 0.2) is 16.6 Å². The van der Waals surface area contributed by atoms with Crippen molar-refractivity contribution in [2.45, 2.75) is 12.3 Å². The van der Waals surface area contributed by atoms with Crippen molar-refractivity contribution in [2.24, 2.45) is 0 Å². The molecule has 82 valence electrons. The van der Waals surface area contributed by atoms with Crippen LogP contribution < -0.4 is 0 Å². The van der Waals surface area contributed by atoms with Gasteiger partial charge in [-0.15, -0.1) is 0 Å². The van der Waals surface area contributed by atoms with E-state index in [1.165, 1.54) is 19.1 Å². The number of carbonyl (C=O) groups excluding carboxylic acids is 1. The quantitative estimate of drug-likeness (QED) is 0.598. The van der Waals surface area contributed by atoms with Gasteiger partial charge in [0.05, 0.1) is 5.56 Å². The van der Waals surface area contributed by atoms with Crippen molar-refractivity contribution in [1.82, 2.24) is 0 Å². The summed E-state index contributed by atoms with van der Waals surface area (Å²) < 4.78 is 38.4. The van der Waals surface area contributed by atoms with Crippen molar-refractivity contribution in [2.75, 3.05) is 0 Å². The second-order valence-electron chi connectivity index (χ2n) is 2.88. The molecule has 1 aromatic carbocycles. The van der Waals surface area contributed by atoms with Gasteiger partial charge in [0.15, 0.2) is 0 Å². The molecule has 0 saturated carbocycles. The number of hydrogen-bond acceptors (Lipinski definition) is 1. The summed E-state index contributed by atoms with van der Waals surface area (Å²) in [5.41, 5.74) is -0.627. The number of halogens is 5. The van der Waals surface area contributed by atoms with Gasteiger partial charge in [0.1, 0.15) is 5.82 Å². The Balaban J connectivity index is 3.38. The van der Waals surface area contributed by atoms with E-state index in [2.05, 4.69) is 27.5 Å². The smallest absolute Gasteiger partial charge is 0.286 e. The number of carbonyl (C=O) groups is 1. The van der Waals surface area contributed by atoms with Crippen LogP contribution in [-0.4, -0.2) is 11.2 Å². The molecule has 0 radical (unpaired) electrons. The molecule has 0 aliphatic heterocycles. The van der Waals surface area contributed by atoms with Crippen molar-refractivity contribution in [3.63, 3.8) is 0 Å². The molecule has 0 aromatic heterocycles. The molecule has 0 aliphatic rings. The summed E-state index contributed by atoms with van der Waals surface area (Å²) in [5.74, 6) is -2.74. The second kappa shape index (κ2) is 4.14. The number of alkyl halides is 3. The molecular formula is C9H5BrClF3O. The minimum atomic E-state index is -4.10. The molecule has 0 spiro atoms. The Bertz CT molecular complexity index is 415. The molecule has 15 heavy (non-hydrogen) atoms. The lowest BCUT2D eigenvalue weighted by atomic mass is 10.1. The van der Waals surface area contributed by atoms with E-state index >= 15 is 0 Å². The summed E-state index contributed by atoms with van der Waals surface area (Å²) in [6.07, 6.45) is 0. The molecule has 0 amide bonds. The highest BCUT2D eigenvalue weighted by atomic mass is 79.9. The third kappa shape index (κ3) is 2.52. The van der Waals surface area contributed by atoms with Gasteiger partial charge in [-0.25, -0.2) is 4.39 Å². The van der Waals surface area contributed by atoms with Crippen LogP contribution in [0.2, 0.25) is 0 Å². The maximum atomic E-state index is 13.4. The summed E-state index contributed by atoms with van der Waals surface area (Å²) in [6.45, 7) is 1.37. The maximum absolute atomic E-state index is 13.4. The Morgan fingerprint density at radius 3 is 2.47 bits per heavy atom. The Hall–Kier alpha value is -0.550. The number of ketones is 1. The molecule has 0 N–H and O–H groups in total. The average Bonchev–Trinajstić information content (AvgIpc) is 2.10. The topological polar surface area (TPSA) is 17.1 Å². The Labute approximate surface area is 97.4 Å². The van der Waals surface area contributed by atoms with Gasteiger partial charge in [-0.2, -0.15) is 8.78 Å². The van der Waals surface area contributed by atoms with Gasteiger partial charge < -0.3 is 0 Å². The predicted molar refractivity (Wildman–Crippen MR) is 54.0 cm³/mol. The molecule has 0 atom stereocenters. The SMILES string of the molecule is Cc1ccc(Br)c(C(=O)C(F)(F)Cl)c1F. The monoisotopic (exact) mass is 300 g/mol. The van der Waals surface area contributed by atoms with Gasteiger partial charge in [-0.3, -0.25) is 4.79 Å². The van der Waals surface area contributed by atoms with Gasteiger partial charge in [-0.05, 0) is 46.1 Å². The first-order chi connectivity index (χ1) is 6.75. The zero-order valence-electron chi connectivity index (χ0n) is 7.45. The van der Waals surface area contributed by atoms with E-state index < -0.39 is 22.5 Å². The number of benzene rings is 1. The minimum Gasteiger partial charge on any atom is -0.286 e. The standard InChI is InChI=1S/C9H5BrClF3O/c1-4-2-3-5(10)6(7(4)12)8(15)9(11,13)14/h2-3H,1H3. The summed E-state index contributed by atoms with van der Waals surface area (Å²) in [5, 5.41) is -4.10. The molecule has 1 nitrogen and oxygen atoms in total. The fourth-order valence-electron chi connectivity index (χ4n) is 1.01. The van der Waals surface area contributed by atoms with Crippen LogP contribution in [0.4, 0.5) is 13.2 Å². The molecule has 1 aromatic rings. The maximum Gasteiger partial charge on any atom is 0.385 e. The van der Waals surface area contributed by atoms with E-state index in [1.54, 1.807) is 0 Å². The first-order valence-corrected chi connectivity index (χ1v) is 4.98. The van der Waals surface area contributed by atoms with Crippen LogP contribution in [0.25, 0.3) is 0 Å². The minimum absolute atomic E-state index is 0.0454. The first-order valence-electron chi connectivity index (χ1n) is 3.81. The summed E-state index contributed by atoms with van der Waals surface area (Å²) in [7, 11) is 0. The number of Topliss-reactive ketones (excluding diaryl/α,β-unsaturated/α-hetero) is 1. The van der Waals surface area contributed by atoms with E-state index in [0.29, 0.717) is 0 Å². The van der Waals surface area contributed by atoms with Crippen LogP contribution in [0.5, 0.6) is 0 Å². The second-order valence-corrected chi connectivity index (χ2v) is 4.21. The van der Waals surface area contributed by atoms with Crippen LogP contribution in [0.1, 0.15) is 15.9 Å². The highest BCUT2D eigenvalue weighted by Crippen LogP contribution is 2.31. The molecule has 0 heterocycles. The number of rotatable bonds is 2. The van der Waals surface area contributed by atoms with E-state index in [4.69, 9.17) is 0 Å². The summed E-state index contributed by atoms with van der Waals surface area (Å²) in [6, 6.07) is 2.68. The molecular weight excluding hydrogens is 296 g/mol. The van der Waals surface area contributed by atoms with Crippen molar-refractivity contribution in [3.05, 3.63) is 33.5 Å². The fourth-order valence-corrected chi connectivity index (χ4v) is 1.59. The number of aryl methyl sites for hydroxylation is 1. The van der Waals surface area contributed by atoms with Gasteiger partial charge >= 0.3 is 5.38 Å². The first kappa shape index (κ1) is 12.5. The summed E-state index contributed by atoms with van der Waals surface area (Å²) >= 11 is 7.37. The van der Waals surface area contributed by atoms with E-state index in [1.807, 2.05) is 0 Å². The molecule has 0 bridgehead atoms. The third-order valence-electron chi connectivity index (χ3n) is 1.77. The van der Waals surface area contributed by atoms with Gasteiger partial charge in [0.2, 0.25) is 0 Å². The normalized spacial score (nSPS) is 11.6. The van der Waals surface area contributed by atoms with Crippen molar-refractivity contribution in [3.8, 4) is 0 Å². The largest absolute Gasteiger partial charge is 0.385 e. The third-order valence-corrected chi connectivity index (χ3v) is 2.60. The lowest BCUT2D eigenvalue weighted by Gasteiger charge is -2.10. The fraction of sp³-hybridized carbons (Fsp3) is 0.222. The zero-order valence-corrected chi connectivity index (χ0v) is 9.79. The highest BCUT2D eigenvalue weighted by Gasteiger charge is 2.39. The molecule has 0 aliphatic carbocycles. The average molecular weight is 301 g/mol. The molecule has 1 rings (SSSR count). The van der Waals surface area contributed by atoms with Crippen molar-refractivity contribution >= 4 is 33.3 Å². The van der Waals surface area contributed by atoms with Crippen LogP contribution in [0.3, 0.4) is 0 Å². The predicted octanol–water partition coefficient (Wildman–Crippen LogP) is 3.91. The Morgan fingerprint density at radius 1 is 1.47 bits per heavy atom. The Kier molecular flexibility index (Phi) is 3.45. The van der Waals surface area contributed by atoms with Crippen LogP contribution in [0, 0.1) is 12.7 Å². The van der Waals surface area contributed by atoms with Crippen molar-refractivity contribution in [1.29, 1.82) is 0 Å². The van der Waals surface area contributed by atoms with E-state index in [-0.39, 0.29) is 10.0 Å². The lowest BCUT2D eigenvalue weighted by molar-refractivity contribution is 0.0530. The van der Waals surface area contributed by atoms with Gasteiger partial charge in [-0.1, -0.05) is 6.07 Å². The van der Waals surface area contributed by atoms with Gasteiger partial charge in [0.25, 0.3) is 5.78 Å². The molecule has 6 heteroatoms. The van der Waals surface area contributed by atoms with E-state index in [9.17, 15) is 18.0 Å².